The van der Waals surface area contributed by atoms with Crippen LogP contribution in [0.4, 0.5) is 35.1 Å². The van der Waals surface area contributed by atoms with Crippen LogP contribution in [0.5, 0.6) is 0 Å². The Hall–Kier alpha value is -0.0400. The lowest BCUT2D eigenvalue weighted by Crippen LogP contribution is -2.60. The number of hydrogen-bond acceptors (Lipinski definition) is 5. The third-order valence-electron chi connectivity index (χ3n) is 3.49. The minimum absolute atomic E-state index is 0.00125. The molecule has 0 amide bonds. The average Bonchev–Trinajstić information content (AvgIpc) is 2.77. The molecule has 6 nitrogen and oxygen atoms in total. The van der Waals surface area contributed by atoms with Crippen LogP contribution in [0.1, 0.15) is 27.7 Å². The van der Waals surface area contributed by atoms with Gasteiger partial charge in [-0.1, -0.05) is 13.8 Å². The van der Waals surface area contributed by atoms with Crippen LogP contribution in [0.3, 0.4) is 0 Å². The summed E-state index contributed by atoms with van der Waals surface area (Å²) in [4.78, 5) is 0. The Labute approximate surface area is 175 Å². The summed E-state index contributed by atoms with van der Waals surface area (Å²) in [6, 6.07) is 0. The number of ether oxygens (including phenoxy) is 3. The highest BCUT2D eigenvalue weighted by Crippen LogP contribution is 2.50. The molecule has 1 atom stereocenters. The van der Waals surface area contributed by atoms with Gasteiger partial charge in [-0.25, -0.2) is 13.2 Å². The van der Waals surface area contributed by atoms with E-state index in [0.717, 1.165) is 13.8 Å². The molecule has 16 heteroatoms. The lowest BCUT2D eigenvalue weighted by atomic mass is 10.2. The van der Waals surface area contributed by atoms with Gasteiger partial charge in [0.1, 0.15) is 5.72 Å². The molecule has 1 rings (SSSR count). The monoisotopic (exact) mass is 579 g/mol. The van der Waals surface area contributed by atoms with Crippen LogP contribution in [0.2, 0.25) is 0 Å². The van der Waals surface area contributed by atoms with Crippen LogP contribution in [-0.4, -0.2) is 59.3 Å². The van der Waals surface area contributed by atoms with Gasteiger partial charge in [0.05, 0.1) is 13.2 Å². The zero-order valence-corrected chi connectivity index (χ0v) is 18.3. The molecular weight excluding hydrogens is 561 g/mol. The molecular formula is C13H18F8INO5S. The van der Waals surface area contributed by atoms with Crippen molar-refractivity contribution in [3.8, 4) is 0 Å². The van der Waals surface area contributed by atoms with E-state index in [1.54, 1.807) is 13.8 Å². The van der Waals surface area contributed by atoms with Crippen molar-refractivity contribution in [2.24, 2.45) is 5.92 Å². The van der Waals surface area contributed by atoms with Crippen molar-refractivity contribution >= 4 is 32.6 Å². The molecule has 0 aromatic carbocycles. The highest BCUT2D eigenvalue weighted by atomic mass is 127. The van der Waals surface area contributed by atoms with Gasteiger partial charge in [0, 0.05) is 22.6 Å². The molecule has 29 heavy (non-hydrogen) atoms. The van der Waals surface area contributed by atoms with Gasteiger partial charge in [-0.15, -0.1) is 0 Å². The molecule has 0 aromatic rings. The fraction of sp³-hybridized carbons (Fsp3) is 1.00. The quantitative estimate of drug-likeness (QED) is 0.233. The number of nitrogens with zero attached hydrogens (tertiary/aromatic N) is 1. The second-order valence-electron chi connectivity index (χ2n) is 6.91. The smallest absolute Gasteiger partial charge is 0.351 e. The Morgan fingerprint density at radius 3 is 2.00 bits per heavy atom. The molecule has 0 aromatic heterocycles. The number of halogens is 9. The molecule has 1 aliphatic heterocycles. The zero-order chi connectivity index (χ0) is 23.3. The van der Waals surface area contributed by atoms with Gasteiger partial charge in [0.2, 0.25) is 0 Å². The lowest BCUT2D eigenvalue weighted by molar-refractivity contribution is -0.438. The topological polar surface area (TPSA) is 65.1 Å². The number of sulfonamides is 1. The lowest BCUT2D eigenvalue weighted by Gasteiger charge is -2.35. The van der Waals surface area contributed by atoms with Crippen LogP contribution < -0.4 is 0 Å². The summed E-state index contributed by atoms with van der Waals surface area (Å²) in [5, 5.41) is -6.35. The largest absolute Gasteiger partial charge is 0.449 e. The third-order valence-corrected chi connectivity index (χ3v) is 6.17. The molecule has 1 aliphatic rings. The zero-order valence-electron chi connectivity index (χ0n) is 15.4. The summed E-state index contributed by atoms with van der Waals surface area (Å²) in [6.07, 6.45) is -14.0. The van der Waals surface area contributed by atoms with Crippen molar-refractivity contribution in [2.75, 3.05) is 13.2 Å². The molecule has 174 valence electrons. The van der Waals surface area contributed by atoms with Crippen molar-refractivity contribution in [1.82, 2.24) is 4.31 Å². The minimum Gasteiger partial charge on any atom is -0.351 e. The maximum atomic E-state index is 14.2. The molecule has 0 spiro atoms. The molecule has 1 unspecified atom stereocenters. The first-order valence-corrected chi connectivity index (χ1v) is 10.3. The van der Waals surface area contributed by atoms with E-state index < -0.39 is 50.0 Å². The van der Waals surface area contributed by atoms with Crippen molar-refractivity contribution in [1.29, 1.82) is 0 Å². The molecule has 0 bridgehead atoms. The van der Waals surface area contributed by atoms with Crippen molar-refractivity contribution in [2.45, 2.75) is 61.1 Å². The molecule has 0 N–H and O–H groups in total. The van der Waals surface area contributed by atoms with Crippen molar-refractivity contribution in [3.05, 3.63) is 0 Å². The van der Waals surface area contributed by atoms with Crippen LogP contribution in [-0.2, 0) is 24.2 Å². The first-order valence-electron chi connectivity index (χ1n) is 7.80. The van der Waals surface area contributed by atoms with E-state index in [1.807, 2.05) is 0 Å². The minimum atomic E-state index is -6.52. The molecule has 0 radical (unpaired) electrons. The molecule has 0 aliphatic carbocycles. The number of hydrogen-bond donors (Lipinski definition) is 0. The summed E-state index contributed by atoms with van der Waals surface area (Å²) in [7, 11) is -6.45. The fourth-order valence-corrected chi connectivity index (χ4v) is 3.78. The number of alkyl halides is 9. The number of rotatable bonds is 9. The maximum absolute atomic E-state index is 14.2. The Kier molecular flexibility index (Phi) is 7.58. The summed E-state index contributed by atoms with van der Waals surface area (Å²) in [6.45, 7) is 4.26. The van der Waals surface area contributed by atoms with Crippen LogP contribution in [0.25, 0.3) is 0 Å². The van der Waals surface area contributed by atoms with Gasteiger partial charge in [0.15, 0.2) is 6.29 Å². The fourth-order valence-electron chi connectivity index (χ4n) is 2.11. The van der Waals surface area contributed by atoms with E-state index in [2.05, 4.69) is 4.74 Å². The van der Waals surface area contributed by atoms with Gasteiger partial charge in [-0.3, -0.25) is 0 Å². The first-order chi connectivity index (χ1) is 12.6. The molecule has 1 heterocycles. The second kappa shape index (κ2) is 8.14. The average molecular weight is 579 g/mol. The van der Waals surface area contributed by atoms with Gasteiger partial charge >= 0.3 is 21.4 Å². The predicted octanol–water partition coefficient (Wildman–Crippen LogP) is 4.21. The van der Waals surface area contributed by atoms with Gasteiger partial charge in [0.25, 0.3) is 10.0 Å². The highest BCUT2D eigenvalue weighted by Gasteiger charge is 2.75. The Bertz CT molecular complexity index is 698. The van der Waals surface area contributed by atoms with E-state index in [4.69, 9.17) is 9.47 Å². The van der Waals surface area contributed by atoms with E-state index in [-0.39, 0.29) is 39.4 Å². The standard InChI is InChI=1S/C13H18F8INO5S/c1-7(2)6-26-8-5-23(9(3,4)27-8)29(24,25)13(20,21)12(18,19)28-11(16,17)10(14,15)22/h7-8H,5-6H2,1-4H3. The van der Waals surface area contributed by atoms with Gasteiger partial charge in [-0.2, -0.15) is 39.4 Å². The van der Waals surface area contributed by atoms with Gasteiger partial charge in [-0.05, 0) is 19.8 Å². The highest BCUT2D eigenvalue weighted by molar-refractivity contribution is 14.1. The summed E-state index contributed by atoms with van der Waals surface area (Å²) in [5.74, 6) is -0.0799. The van der Waals surface area contributed by atoms with Crippen molar-refractivity contribution < 1.29 is 57.8 Å². The first kappa shape index (κ1) is 27.0. The molecule has 0 saturated carbocycles. The Morgan fingerprint density at radius 2 is 1.59 bits per heavy atom. The second-order valence-corrected chi connectivity index (χ2v) is 10.2. The third kappa shape index (κ3) is 5.42. The van der Waals surface area contributed by atoms with Gasteiger partial charge < -0.3 is 9.47 Å². The van der Waals surface area contributed by atoms with Crippen LogP contribution in [0.15, 0.2) is 0 Å². The van der Waals surface area contributed by atoms with Crippen LogP contribution >= 0.6 is 22.6 Å². The van der Waals surface area contributed by atoms with E-state index in [1.165, 1.54) is 0 Å². The Balaban J connectivity index is 3.21. The normalized spacial score (nSPS) is 22.5. The molecule has 1 saturated heterocycles. The molecule has 1 fully saturated rings. The van der Waals surface area contributed by atoms with E-state index in [9.17, 15) is 43.5 Å². The van der Waals surface area contributed by atoms with Crippen LogP contribution in [0, 0.1) is 5.92 Å². The predicted molar refractivity (Wildman–Crippen MR) is 90.3 cm³/mol. The maximum Gasteiger partial charge on any atom is 0.449 e. The van der Waals surface area contributed by atoms with E-state index in [0.29, 0.717) is 0 Å². The Morgan fingerprint density at radius 1 is 1.10 bits per heavy atom. The summed E-state index contributed by atoms with van der Waals surface area (Å²) in [5.41, 5.74) is -2.14. The van der Waals surface area contributed by atoms with Crippen molar-refractivity contribution in [3.63, 3.8) is 0 Å². The van der Waals surface area contributed by atoms with E-state index >= 15 is 0 Å². The SMILES string of the molecule is CC(C)COC1CN(S(=O)(=O)C(F)(F)C(F)(F)OC(F)(F)C(F)(F)I)C(C)(C)O1. The summed E-state index contributed by atoms with van der Waals surface area (Å²) >= 11 is -0.314. The summed E-state index contributed by atoms with van der Waals surface area (Å²) < 4.78 is 139.